The Labute approximate surface area is 215 Å². The number of nitrogens with one attached hydrogen (secondary N) is 2. The summed E-state index contributed by atoms with van der Waals surface area (Å²) in [7, 11) is 0. The molecule has 2 atom stereocenters. The van der Waals surface area contributed by atoms with Gasteiger partial charge in [-0.1, -0.05) is 29.8 Å². The van der Waals surface area contributed by atoms with Crippen molar-refractivity contribution in [2.45, 2.75) is 57.5 Å². The Morgan fingerprint density at radius 2 is 2.00 bits per heavy atom. The molecule has 7 nitrogen and oxygen atoms in total. The molecule has 188 valence electrons. The number of allylic oxidation sites excluding steroid dienone is 1. The van der Waals surface area contributed by atoms with E-state index in [1.807, 2.05) is 6.20 Å². The van der Waals surface area contributed by atoms with E-state index in [9.17, 15) is 4.39 Å². The summed E-state index contributed by atoms with van der Waals surface area (Å²) >= 11 is 0. The fourth-order valence-corrected chi connectivity index (χ4v) is 5.72. The van der Waals surface area contributed by atoms with Crippen molar-refractivity contribution < 1.29 is 4.39 Å². The number of pyridine rings is 1. The minimum absolute atomic E-state index is 0.0942. The minimum Gasteiger partial charge on any atom is -0.351 e. The third kappa shape index (κ3) is 4.29. The van der Waals surface area contributed by atoms with Crippen LogP contribution in [0.5, 0.6) is 0 Å². The Morgan fingerprint density at radius 3 is 2.86 bits per heavy atom. The van der Waals surface area contributed by atoms with E-state index in [0.717, 1.165) is 49.4 Å². The predicted octanol–water partition coefficient (Wildman–Crippen LogP) is 5.36. The first kappa shape index (κ1) is 22.5. The number of fused-ring (bicyclic) bond motifs is 3. The van der Waals surface area contributed by atoms with Gasteiger partial charge in [-0.3, -0.25) is 4.98 Å². The van der Waals surface area contributed by atoms with Crippen molar-refractivity contribution in [3.8, 4) is 11.4 Å². The smallest absolute Gasteiger partial charge is 0.228 e. The van der Waals surface area contributed by atoms with Crippen molar-refractivity contribution in [3.05, 3.63) is 77.0 Å². The van der Waals surface area contributed by atoms with Crippen LogP contribution < -0.4 is 10.6 Å². The van der Waals surface area contributed by atoms with Crippen molar-refractivity contribution in [1.29, 1.82) is 0 Å². The molecule has 3 aliphatic carbocycles. The van der Waals surface area contributed by atoms with Crippen molar-refractivity contribution in [2.75, 3.05) is 11.9 Å². The molecule has 7 rings (SSSR count). The number of hydrogen-bond acceptors (Lipinski definition) is 6. The largest absolute Gasteiger partial charge is 0.351 e. The molecule has 3 aliphatic rings. The summed E-state index contributed by atoms with van der Waals surface area (Å²) < 4.78 is 15.8. The predicted molar refractivity (Wildman–Crippen MR) is 141 cm³/mol. The van der Waals surface area contributed by atoms with Gasteiger partial charge in [0.05, 0.1) is 12.4 Å². The Bertz CT molecular complexity index is 1520. The summed E-state index contributed by atoms with van der Waals surface area (Å²) in [6.45, 7) is 3.14. The average Bonchev–Trinajstić information content (AvgIpc) is 3.53. The number of benzene rings is 1. The van der Waals surface area contributed by atoms with E-state index in [4.69, 9.17) is 15.1 Å². The van der Waals surface area contributed by atoms with Gasteiger partial charge in [-0.15, -0.1) is 0 Å². The van der Waals surface area contributed by atoms with Gasteiger partial charge in [0.2, 0.25) is 5.95 Å². The number of aromatic nitrogens is 5. The highest BCUT2D eigenvalue weighted by atomic mass is 19.1. The fraction of sp³-hybridized carbons (Fsp3) is 0.379. The molecule has 0 bridgehead atoms. The Kier molecular flexibility index (Phi) is 5.50. The molecule has 0 spiro atoms. The molecule has 1 aromatic carbocycles. The molecule has 1 saturated carbocycles. The van der Waals surface area contributed by atoms with Gasteiger partial charge in [0, 0.05) is 29.4 Å². The van der Waals surface area contributed by atoms with Gasteiger partial charge in [-0.25, -0.2) is 9.37 Å². The summed E-state index contributed by atoms with van der Waals surface area (Å²) in [5.74, 6) is 1.44. The van der Waals surface area contributed by atoms with Crippen LogP contribution in [0.3, 0.4) is 0 Å². The highest BCUT2D eigenvalue weighted by Gasteiger charge is 2.29. The van der Waals surface area contributed by atoms with E-state index < -0.39 is 5.82 Å². The summed E-state index contributed by atoms with van der Waals surface area (Å²) in [5.41, 5.74) is 8.15. The van der Waals surface area contributed by atoms with Crippen molar-refractivity contribution >= 4 is 17.2 Å². The zero-order chi connectivity index (χ0) is 24.9. The van der Waals surface area contributed by atoms with Gasteiger partial charge >= 0.3 is 0 Å². The summed E-state index contributed by atoms with van der Waals surface area (Å²) in [6.07, 6.45) is 11.4. The molecular weight excluding hydrogens is 465 g/mol. The topological polar surface area (TPSA) is 80.0 Å². The number of anilines is 1. The van der Waals surface area contributed by atoms with Crippen LogP contribution in [0.2, 0.25) is 0 Å². The Morgan fingerprint density at radius 1 is 1.11 bits per heavy atom. The van der Waals surface area contributed by atoms with Crippen LogP contribution in [0.1, 0.15) is 61.8 Å². The maximum absolute atomic E-state index is 14.0. The van der Waals surface area contributed by atoms with Crippen LogP contribution in [0.15, 0.2) is 54.5 Å². The SMILES string of the molecule is CC(NCC1CC1)c1cnn2c(N[C@@H]3CCC4=C(C3)c3ccccc3C4)nc(-c3cncc(F)c3)nc12. The van der Waals surface area contributed by atoms with E-state index in [1.165, 1.54) is 41.8 Å². The molecule has 2 N–H and O–H groups in total. The van der Waals surface area contributed by atoms with E-state index >= 15 is 0 Å². The standard InChI is InChI=1S/C29H30FN7/c1-17(32-13-18-6-7-18)26-16-33-37-28(26)35-27(21-11-22(30)15-31-14-21)36-29(37)34-23-9-8-20-10-19-4-2-3-5-24(19)25(20)12-23/h2-5,11,14-18,23,32H,6-10,12-13H2,1H3,(H,34,35,36)/t17?,23-/m1/s1. The molecule has 0 amide bonds. The van der Waals surface area contributed by atoms with Gasteiger partial charge < -0.3 is 10.6 Å². The highest BCUT2D eigenvalue weighted by Crippen LogP contribution is 2.42. The van der Waals surface area contributed by atoms with Crippen molar-refractivity contribution in [1.82, 2.24) is 29.9 Å². The maximum Gasteiger partial charge on any atom is 0.228 e. The molecule has 3 aromatic heterocycles. The third-order valence-electron chi connectivity index (χ3n) is 7.99. The van der Waals surface area contributed by atoms with Crippen molar-refractivity contribution in [3.63, 3.8) is 0 Å². The molecular formula is C29H30FN7. The van der Waals surface area contributed by atoms with E-state index in [0.29, 0.717) is 17.3 Å². The van der Waals surface area contributed by atoms with E-state index in [2.05, 4.69) is 46.8 Å². The highest BCUT2D eigenvalue weighted by molar-refractivity contribution is 5.77. The molecule has 1 unspecified atom stereocenters. The lowest BCUT2D eigenvalue weighted by Crippen LogP contribution is -2.26. The number of rotatable bonds is 7. The second-order valence-electron chi connectivity index (χ2n) is 10.7. The van der Waals surface area contributed by atoms with E-state index in [1.54, 1.807) is 16.3 Å². The Hall–Kier alpha value is -3.65. The quantitative estimate of drug-likeness (QED) is 0.359. The lowest BCUT2D eigenvalue weighted by Gasteiger charge is -2.26. The minimum atomic E-state index is -0.407. The third-order valence-corrected chi connectivity index (χ3v) is 7.99. The molecule has 8 heteroatoms. The van der Waals surface area contributed by atoms with Gasteiger partial charge in [0.25, 0.3) is 0 Å². The lowest BCUT2D eigenvalue weighted by molar-refractivity contribution is 0.551. The average molecular weight is 496 g/mol. The van der Waals surface area contributed by atoms with Crippen LogP contribution in [0, 0.1) is 11.7 Å². The first-order valence-electron chi connectivity index (χ1n) is 13.3. The van der Waals surface area contributed by atoms with Gasteiger partial charge in [0.1, 0.15) is 5.82 Å². The van der Waals surface area contributed by atoms with Gasteiger partial charge in [-0.05, 0) is 80.7 Å². The fourth-order valence-electron chi connectivity index (χ4n) is 5.72. The van der Waals surface area contributed by atoms with Crippen LogP contribution in [0.4, 0.5) is 10.3 Å². The first-order chi connectivity index (χ1) is 18.1. The number of hydrogen-bond donors (Lipinski definition) is 2. The molecule has 1 fully saturated rings. The van der Waals surface area contributed by atoms with Crippen LogP contribution in [-0.4, -0.2) is 37.2 Å². The zero-order valence-corrected chi connectivity index (χ0v) is 20.9. The normalized spacial score (nSPS) is 19.7. The van der Waals surface area contributed by atoms with Crippen LogP contribution in [-0.2, 0) is 6.42 Å². The summed E-state index contributed by atoms with van der Waals surface area (Å²) in [6, 6.07) is 10.5. The molecule has 0 saturated heterocycles. The second-order valence-corrected chi connectivity index (χ2v) is 10.7. The lowest BCUT2D eigenvalue weighted by atomic mass is 9.88. The van der Waals surface area contributed by atoms with E-state index in [-0.39, 0.29) is 12.1 Å². The maximum atomic E-state index is 14.0. The van der Waals surface area contributed by atoms with Gasteiger partial charge in [0.15, 0.2) is 11.5 Å². The molecule has 3 heterocycles. The summed E-state index contributed by atoms with van der Waals surface area (Å²) in [5, 5.41) is 12.0. The Balaban J connectivity index is 1.24. The van der Waals surface area contributed by atoms with Crippen molar-refractivity contribution in [2.24, 2.45) is 5.92 Å². The first-order valence-corrected chi connectivity index (χ1v) is 13.3. The number of nitrogens with zero attached hydrogens (tertiary/aromatic N) is 5. The monoisotopic (exact) mass is 495 g/mol. The molecule has 37 heavy (non-hydrogen) atoms. The molecule has 0 aliphatic heterocycles. The molecule has 0 radical (unpaired) electrons. The van der Waals surface area contributed by atoms with Crippen LogP contribution in [0.25, 0.3) is 22.6 Å². The summed E-state index contributed by atoms with van der Waals surface area (Å²) in [4.78, 5) is 13.7. The van der Waals surface area contributed by atoms with Gasteiger partial charge in [-0.2, -0.15) is 14.6 Å². The van der Waals surface area contributed by atoms with Crippen LogP contribution >= 0.6 is 0 Å². The molecule has 4 aromatic rings. The number of halogens is 1. The zero-order valence-electron chi connectivity index (χ0n) is 20.9. The second kappa shape index (κ2) is 9.03.